The lowest BCUT2D eigenvalue weighted by atomic mass is 10.2. The van der Waals surface area contributed by atoms with Gasteiger partial charge in [-0.3, -0.25) is 14.5 Å². The van der Waals surface area contributed by atoms with E-state index >= 15 is 0 Å². The van der Waals surface area contributed by atoms with Crippen LogP contribution in [0.25, 0.3) is 10.6 Å². The average molecular weight is 306 g/mol. The third kappa shape index (κ3) is 3.52. The molecule has 1 fully saturated rings. The van der Waals surface area contributed by atoms with Gasteiger partial charge in [0, 0.05) is 58.1 Å². The smallest absolute Gasteiger partial charge is 0.107 e. The third-order valence-corrected chi connectivity index (χ3v) is 4.81. The normalized spacial score (nSPS) is 17.4. The molecule has 1 aliphatic heterocycles. The summed E-state index contributed by atoms with van der Waals surface area (Å²) in [7, 11) is 1.99. The number of piperazine rings is 1. The Morgan fingerprint density at radius 3 is 2.67 bits per heavy atom. The highest BCUT2D eigenvalue weighted by Crippen LogP contribution is 2.27. The molecule has 5 nitrogen and oxygen atoms in total. The Hall–Kier alpha value is -1.21. The second-order valence-corrected chi connectivity index (χ2v) is 6.44. The van der Waals surface area contributed by atoms with Crippen LogP contribution in [-0.4, -0.2) is 64.0 Å². The van der Waals surface area contributed by atoms with Gasteiger partial charge in [-0.2, -0.15) is 5.10 Å². The average Bonchev–Trinajstić information content (AvgIpc) is 3.11. The van der Waals surface area contributed by atoms with Gasteiger partial charge < -0.3 is 5.11 Å². The molecule has 6 heteroatoms. The first-order valence-corrected chi connectivity index (χ1v) is 8.26. The minimum absolute atomic E-state index is 0.255. The second kappa shape index (κ2) is 6.70. The van der Waals surface area contributed by atoms with E-state index in [0.29, 0.717) is 0 Å². The van der Waals surface area contributed by atoms with Crippen LogP contribution in [0.1, 0.15) is 5.56 Å². The summed E-state index contributed by atoms with van der Waals surface area (Å²) >= 11 is 1.74. The molecule has 1 saturated heterocycles. The van der Waals surface area contributed by atoms with Gasteiger partial charge >= 0.3 is 0 Å². The summed E-state index contributed by atoms with van der Waals surface area (Å²) in [6.45, 7) is 6.18. The van der Waals surface area contributed by atoms with Crippen molar-refractivity contribution in [2.75, 3.05) is 39.3 Å². The standard InChI is InChI=1S/C15H22N4OS/c1-17-11-13(15(16-17)14-3-2-10-21-14)12-19-6-4-18(5-7-19)8-9-20/h2-3,10-11,20H,4-9,12H2,1H3. The zero-order valence-electron chi connectivity index (χ0n) is 12.4. The van der Waals surface area contributed by atoms with Gasteiger partial charge in [0.15, 0.2) is 0 Å². The maximum atomic E-state index is 9.00. The Bertz CT molecular complexity index is 558. The van der Waals surface area contributed by atoms with Gasteiger partial charge in [-0.15, -0.1) is 11.3 Å². The van der Waals surface area contributed by atoms with E-state index in [1.54, 1.807) is 11.3 Å². The lowest BCUT2D eigenvalue weighted by molar-refractivity contribution is 0.108. The molecule has 1 N–H and O–H groups in total. The number of nitrogens with zero attached hydrogens (tertiary/aromatic N) is 4. The first-order chi connectivity index (χ1) is 10.3. The summed E-state index contributed by atoms with van der Waals surface area (Å²) in [6, 6.07) is 4.21. The monoisotopic (exact) mass is 306 g/mol. The maximum absolute atomic E-state index is 9.00. The Kier molecular flexibility index (Phi) is 4.70. The van der Waals surface area contributed by atoms with E-state index in [2.05, 4.69) is 38.6 Å². The molecule has 0 spiro atoms. The third-order valence-electron chi connectivity index (χ3n) is 3.93. The highest BCUT2D eigenvalue weighted by Gasteiger charge is 2.19. The molecule has 21 heavy (non-hydrogen) atoms. The SMILES string of the molecule is Cn1cc(CN2CCN(CCO)CC2)c(-c2cccs2)n1. The van der Waals surface area contributed by atoms with Gasteiger partial charge in [-0.25, -0.2) is 0 Å². The second-order valence-electron chi connectivity index (χ2n) is 5.50. The molecule has 2 aromatic heterocycles. The fourth-order valence-corrected chi connectivity index (χ4v) is 3.57. The van der Waals surface area contributed by atoms with Gasteiger partial charge in [0.25, 0.3) is 0 Å². The predicted octanol–water partition coefficient (Wildman–Crippen LogP) is 1.26. The molecule has 114 valence electrons. The number of rotatable bonds is 5. The van der Waals surface area contributed by atoms with Crippen LogP contribution in [-0.2, 0) is 13.6 Å². The number of β-amino-alcohol motifs (C(OH)–C–C–N with tert-alkyl or cyclic N) is 1. The van der Waals surface area contributed by atoms with Crippen molar-refractivity contribution in [1.29, 1.82) is 0 Å². The molecule has 3 rings (SSSR count). The van der Waals surface area contributed by atoms with Crippen molar-refractivity contribution in [2.45, 2.75) is 6.54 Å². The van der Waals surface area contributed by atoms with Gasteiger partial charge in [0.1, 0.15) is 5.69 Å². The summed E-state index contributed by atoms with van der Waals surface area (Å²) in [5.41, 5.74) is 2.42. The molecule has 0 unspecified atom stereocenters. The van der Waals surface area contributed by atoms with Crippen molar-refractivity contribution in [3.8, 4) is 10.6 Å². The van der Waals surface area contributed by atoms with Crippen molar-refractivity contribution >= 4 is 11.3 Å². The fourth-order valence-electron chi connectivity index (χ4n) is 2.83. The maximum Gasteiger partial charge on any atom is 0.107 e. The summed E-state index contributed by atoms with van der Waals surface area (Å²) in [5.74, 6) is 0. The highest BCUT2D eigenvalue weighted by atomic mass is 32.1. The van der Waals surface area contributed by atoms with E-state index < -0.39 is 0 Å². The molecule has 0 radical (unpaired) electrons. The molecule has 0 amide bonds. The summed E-state index contributed by atoms with van der Waals surface area (Å²) < 4.78 is 1.91. The number of aliphatic hydroxyl groups is 1. The van der Waals surface area contributed by atoms with Crippen molar-refractivity contribution in [3.63, 3.8) is 0 Å². The number of aryl methyl sites for hydroxylation is 1. The zero-order valence-corrected chi connectivity index (χ0v) is 13.2. The van der Waals surface area contributed by atoms with Gasteiger partial charge in [0.05, 0.1) is 11.5 Å². The molecule has 0 bridgehead atoms. The number of thiophene rings is 1. The van der Waals surface area contributed by atoms with E-state index in [9.17, 15) is 0 Å². The largest absolute Gasteiger partial charge is 0.395 e. The van der Waals surface area contributed by atoms with Crippen LogP contribution in [0.3, 0.4) is 0 Å². The van der Waals surface area contributed by atoms with Crippen LogP contribution in [0.4, 0.5) is 0 Å². The van der Waals surface area contributed by atoms with E-state index in [-0.39, 0.29) is 6.61 Å². The molecule has 2 aromatic rings. The quantitative estimate of drug-likeness (QED) is 0.903. The number of aromatic nitrogens is 2. The molecule has 0 atom stereocenters. The first-order valence-electron chi connectivity index (χ1n) is 7.38. The summed E-state index contributed by atoms with van der Waals surface area (Å²) in [6.07, 6.45) is 2.13. The van der Waals surface area contributed by atoms with E-state index in [1.807, 2.05) is 11.7 Å². The minimum Gasteiger partial charge on any atom is -0.395 e. The number of hydrogen-bond acceptors (Lipinski definition) is 5. The molecule has 0 aliphatic carbocycles. The predicted molar refractivity (Wildman–Crippen MR) is 85.3 cm³/mol. The Morgan fingerprint density at radius 1 is 1.24 bits per heavy atom. The van der Waals surface area contributed by atoms with E-state index in [1.165, 1.54) is 10.4 Å². The lowest BCUT2D eigenvalue weighted by Gasteiger charge is -2.34. The Labute approximate surface area is 129 Å². The van der Waals surface area contributed by atoms with Gasteiger partial charge in [-0.05, 0) is 11.4 Å². The molecular formula is C15H22N4OS. The Balaban J connectivity index is 1.66. The Morgan fingerprint density at radius 2 is 2.00 bits per heavy atom. The van der Waals surface area contributed by atoms with Crippen LogP contribution >= 0.6 is 11.3 Å². The number of aliphatic hydroxyl groups excluding tert-OH is 1. The molecule has 1 aliphatic rings. The minimum atomic E-state index is 0.255. The van der Waals surface area contributed by atoms with E-state index in [0.717, 1.165) is 45.0 Å². The molecule has 0 saturated carbocycles. The van der Waals surface area contributed by atoms with Crippen molar-refractivity contribution in [2.24, 2.45) is 7.05 Å². The van der Waals surface area contributed by atoms with Gasteiger partial charge in [0.2, 0.25) is 0 Å². The molecular weight excluding hydrogens is 284 g/mol. The van der Waals surface area contributed by atoms with Crippen LogP contribution in [0.15, 0.2) is 23.7 Å². The van der Waals surface area contributed by atoms with Crippen LogP contribution in [0.5, 0.6) is 0 Å². The highest BCUT2D eigenvalue weighted by molar-refractivity contribution is 7.13. The summed E-state index contributed by atoms with van der Waals surface area (Å²) in [5, 5.41) is 15.7. The topological polar surface area (TPSA) is 44.5 Å². The molecule has 3 heterocycles. The fraction of sp³-hybridized carbons (Fsp3) is 0.533. The first kappa shape index (κ1) is 14.7. The zero-order chi connectivity index (χ0) is 14.7. The lowest BCUT2D eigenvalue weighted by Crippen LogP contribution is -2.46. The van der Waals surface area contributed by atoms with Crippen molar-refractivity contribution < 1.29 is 5.11 Å². The van der Waals surface area contributed by atoms with Crippen LogP contribution < -0.4 is 0 Å². The van der Waals surface area contributed by atoms with Crippen LogP contribution in [0, 0.1) is 0 Å². The van der Waals surface area contributed by atoms with Crippen molar-refractivity contribution in [1.82, 2.24) is 19.6 Å². The summed E-state index contributed by atoms with van der Waals surface area (Å²) in [4.78, 5) is 6.03. The van der Waals surface area contributed by atoms with Crippen molar-refractivity contribution in [3.05, 3.63) is 29.3 Å². The van der Waals surface area contributed by atoms with E-state index in [4.69, 9.17) is 5.11 Å². The van der Waals surface area contributed by atoms with Crippen LogP contribution in [0.2, 0.25) is 0 Å². The number of hydrogen-bond donors (Lipinski definition) is 1. The van der Waals surface area contributed by atoms with Gasteiger partial charge in [-0.1, -0.05) is 6.07 Å². The molecule has 0 aromatic carbocycles.